The Morgan fingerprint density at radius 3 is 2.59 bits per heavy atom. The lowest BCUT2D eigenvalue weighted by Crippen LogP contribution is -2.62. The van der Waals surface area contributed by atoms with Crippen molar-refractivity contribution < 1.29 is 28.9 Å². The van der Waals surface area contributed by atoms with Crippen LogP contribution >= 0.6 is 0 Å². The highest BCUT2D eigenvalue weighted by Crippen LogP contribution is 2.63. The minimum Gasteiger partial charge on any atom is -0.457 e. The van der Waals surface area contributed by atoms with Crippen molar-refractivity contribution in [3.05, 3.63) is 48.0 Å². The van der Waals surface area contributed by atoms with Gasteiger partial charge >= 0.3 is 11.9 Å². The lowest BCUT2D eigenvalue weighted by Gasteiger charge is -2.53. The molecule has 6 heteroatoms. The average Bonchev–Trinajstić information content (AvgIpc) is 3.39. The van der Waals surface area contributed by atoms with Crippen molar-refractivity contribution in [1.29, 1.82) is 0 Å². The van der Waals surface area contributed by atoms with Crippen LogP contribution in [0.3, 0.4) is 0 Å². The van der Waals surface area contributed by atoms with E-state index in [1.54, 1.807) is 0 Å². The second-order valence-electron chi connectivity index (χ2n) is 11.6. The molecule has 2 unspecified atom stereocenters. The number of terminal acetylenes is 1. The van der Waals surface area contributed by atoms with Gasteiger partial charge in [-0.25, -0.2) is 9.59 Å². The predicted octanol–water partition coefficient (Wildman–Crippen LogP) is 4.91. The van der Waals surface area contributed by atoms with E-state index in [1.165, 1.54) is 0 Å². The van der Waals surface area contributed by atoms with Crippen LogP contribution in [-0.2, 0) is 19.0 Å². The van der Waals surface area contributed by atoms with E-state index in [1.807, 2.05) is 49.4 Å². The van der Waals surface area contributed by atoms with Crippen molar-refractivity contribution in [3.8, 4) is 12.3 Å². The zero-order valence-electron chi connectivity index (χ0n) is 22.0. The summed E-state index contributed by atoms with van der Waals surface area (Å²) >= 11 is 0. The second-order valence-corrected chi connectivity index (χ2v) is 11.6. The van der Waals surface area contributed by atoms with Gasteiger partial charge in [-0.3, -0.25) is 0 Å². The van der Waals surface area contributed by atoms with Gasteiger partial charge in [0.15, 0.2) is 6.10 Å². The molecule has 2 aromatic carbocycles. The van der Waals surface area contributed by atoms with Gasteiger partial charge < -0.3 is 19.3 Å². The Bertz CT molecular complexity index is 1250. The van der Waals surface area contributed by atoms with Gasteiger partial charge in [0.25, 0.3) is 0 Å². The number of aliphatic hydroxyl groups is 1. The molecule has 2 aromatic rings. The van der Waals surface area contributed by atoms with Gasteiger partial charge in [-0.15, -0.1) is 12.3 Å². The monoisotopic (exact) mass is 504 g/mol. The number of ether oxygens (including phenoxy) is 3. The lowest BCUT2D eigenvalue weighted by atomic mass is 9.69. The Labute approximate surface area is 218 Å². The highest BCUT2D eigenvalue weighted by atomic mass is 16.6. The molecule has 1 N–H and O–H groups in total. The van der Waals surface area contributed by atoms with Crippen LogP contribution in [0.25, 0.3) is 10.8 Å². The Morgan fingerprint density at radius 1 is 1.16 bits per heavy atom. The van der Waals surface area contributed by atoms with E-state index < -0.39 is 35.5 Å². The summed E-state index contributed by atoms with van der Waals surface area (Å²) in [6, 6.07) is 13.5. The number of benzene rings is 2. The maximum absolute atomic E-state index is 13.6. The Hall–Kier alpha value is -2.88. The van der Waals surface area contributed by atoms with E-state index >= 15 is 0 Å². The molecule has 2 aliphatic heterocycles. The predicted molar refractivity (Wildman–Crippen MR) is 140 cm³/mol. The quantitative estimate of drug-likeness (QED) is 0.445. The van der Waals surface area contributed by atoms with E-state index in [4.69, 9.17) is 20.6 Å². The largest absolute Gasteiger partial charge is 0.457 e. The first-order chi connectivity index (χ1) is 17.6. The van der Waals surface area contributed by atoms with Crippen molar-refractivity contribution in [1.82, 2.24) is 0 Å². The molecule has 196 valence electrons. The van der Waals surface area contributed by atoms with E-state index in [-0.39, 0.29) is 30.1 Å². The molecule has 0 spiro atoms. The van der Waals surface area contributed by atoms with Gasteiger partial charge in [0.05, 0.1) is 5.56 Å². The van der Waals surface area contributed by atoms with Crippen LogP contribution in [-0.4, -0.2) is 46.6 Å². The zero-order valence-corrected chi connectivity index (χ0v) is 22.0. The van der Waals surface area contributed by atoms with Crippen LogP contribution in [0.4, 0.5) is 0 Å². The molecular formula is C31H36O6. The van der Waals surface area contributed by atoms with E-state index in [9.17, 15) is 14.7 Å². The molecule has 1 saturated carbocycles. The number of esters is 2. The number of carbonyl (C=O) groups excluding carboxylic acids is 2. The van der Waals surface area contributed by atoms with Crippen LogP contribution in [0.1, 0.15) is 63.7 Å². The molecule has 5 rings (SSSR count). The number of hydrogen-bond acceptors (Lipinski definition) is 6. The highest BCUT2D eigenvalue weighted by Gasteiger charge is 2.72. The first kappa shape index (κ1) is 25.8. The van der Waals surface area contributed by atoms with Crippen LogP contribution in [0.15, 0.2) is 42.5 Å². The smallest absolute Gasteiger partial charge is 0.338 e. The lowest BCUT2D eigenvalue weighted by molar-refractivity contribution is -0.259. The van der Waals surface area contributed by atoms with Gasteiger partial charge in [0.1, 0.15) is 23.4 Å². The fraction of sp³-hybridized carbons (Fsp3) is 0.548. The van der Waals surface area contributed by atoms with Gasteiger partial charge in [-0.2, -0.15) is 0 Å². The first-order valence-electron chi connectivity index (χ1n) is 13.3. The van der Waals surface area contributed by atoms with E-state index in [0.717, 1.165) is 23.6 Å². The summed E-state index contributed by atoms with van der Waals surface area (Å²) in [6.07, 6.45) is 5.02. The first-order valence-corrected chi connectivity index (χ1v) is 13.3. The molecule has 37 heavy (non-hydrogen) atoms. The fourth-order valence-corrected chi connectivity index (χ4v) is 7.16. The molecule has 3 fully saturated rings. The summed E-state index contributed by atoms with van der Waals surface area (Å²) in [4.78, 5) is 26.3. The van der Waals surface area contributed by atoms with Crippen LogP contribution < -0.4 is 0 Å². The fourth-order valence-electron chi connectivity index (χ4n) is 7.16. The summed E-state index contributed by atoms with van der Waals surface area (Å²) in [5.74, 6) is 1.65. The van der Waals surface area contributed by atoms with Crippen LogP contribution in [0, 0.1) is 36.0 Å². The number of aliphatic hydroxyl groups excluding tert-OH is 1. The van der Waals surface area contributed by atoms with Crippen molar-refractivity contribution in [2.45, 2.75) is 82.9 Å². The maximum atomic E-state index is 13.6. The third kappa shape index (κ3) is 4.13. The highest BCUT2D eigenvalue weighted by molar-refractivity contribution is 5.95. The van der Waals surface area contributed by atoms with Gasteiger partial charge in [-0.05, 0) is 60.4 Å². The Balaban J connectivity index is 1.49. The summed E-state index contributed by atoms with van der Waals surface area (Å²) in [5, 5.41) is 12.2. The molecule has 2 heterocycles. The van der Waals surface area contributed by atoms with Crippen molar-refractivity contribution in [3.63, 3.8) is 0 Å². The summed E-state index contributed by atoms with van der Waals surface area (Å²) in [6.45, 7) is 8.35. The molecule has 3 aliphatic rings. The second kappa shape index (κ2) is 9.45. The number of rotatable bonds is 6. The molecule has 0 aromatic heterocycles. The molecule has 2 bridgehead atoms. The SMILES string of the molecule is C#CC[C@@H](O)C(=O)O[C@@H]1CC2(C(C)C)O[C@@]1(C)[C@@H]1CC[C@@H](C)[C@H]1C2OC(=O)c1ccc2ccccc2c1. The third-order valence-corrected chi connectivity index (χ3v) is 9.21. The van der Waals surface area contributed by atoms with Gasteiger partial charge in [0, 0.05) is 18.8 Å². The molecule has 6 nitrogen and oxygen atoms in total. The summed E-state index contributed by atoms with van der Waals surface area (Å²) in [5.41, 5.74) is -1.05. The van der Waals surface area contributed by atoms with Crippen molar-refractivity contribution in [2.75, 3.05) is 0 Å². The van der Waals surface area contributed by atoms with E-state index in [2.05, 4.69) is 26.7 Å². The minimum atomic E-state index is -1.37. The zero-order chi connectivity index (χ0) is 26.5. The Morgan fingerprint density at radius 2 is 1.89 bits per heavy atom. The molecule has 2 saturated heterocycles. The molecule has 8 atom stereocenters. The molecule has 0 radical (unpaired) electrons. The molecule has 1 aliphatic carbocycles. The average molecular weight is 505 g/mol. The van der Waals surface area contributed by atoms with Crippen LogP contribution in [0.2, 0.25) is 0 Å². The summed E-state index contributed by atoms with van der Waals surface area (Å²) in [7, 11) is 0. The minimum absolute atomic E-state index is 0.00527. The van der Waals surface area contributed by atoms with Crippen molar-refractivity contribution in [2.24, 2.45) is 23.7 Å². The maximum Gasteiger partial charge on any atom is 0.338 e. The Kier molecular flexibility index (Phi) is 6.58. The number of fused-ring (bicyclic) bond motifs is 5. The molecule has 0 amide bonds. The van der Waals surface area contributed by atoms with Gasteiger partial charge in [0.2, 0.25) is 0 Å². The number of carbonyl (C=O) groups is 2. The third-order valence-electron chi connectivity index (χ3n) is 9.21. The van der Waals surface area contributed by atoms with Crippen molar-refractivity contribution >= 4 is 22.7 Å². The topological polar surface area (TPSA) is 82.1 Å². The standard InChI is InChI=1S/C31H36O6/c1-6-9-24(32)29(34)35-25-17-31(18(2)3)27(26-19(4)12-15-23(26)30(25,5)37-31)36-28(33)22-14-13-20-10-7-8-11-21(20)16-22/h1,7-8,10-11,13-14,16,18-19,23-27,32H,9,12,15,17H2,2-5H3/t19-,23-,24-,25-,26-,27?,30+,31?/m1/s1. The van der Waals surface area contributed by atoms with Gasteiger partial charge in [-0.1, -0.05) is 51.1 Å². The number of hydrogen-bond donors (Lipinski definition) is 1. The van der Waals surface area contributed by atoms with Crippen LogP contribution in [0.5, 0.6) is 0 Å². The van der Waals surface area contributed by atoms with E-state index in [0.29, 0.717) is 17.9 Å². The normalized spacial score (nSPS) is 35.1. The summed E-state index contributed by atoms with van der Waals surface area (Å²) < 4.78 is 19.2. The molecular weight excluding hydrogens is 468 g/mol.